The molecule has 0 nitrogen and oxygen atoms in total. The van der Waals surface area contributed by atoms with Gasteiger partial charge in [0, 0.05) is 0 Å². The van der Waals surface area contributed by atoms with Crippen LogP contribution in [0.3, 0.4) is 0 Å². The Labute approximate surface area is 114 Å². The molecule has 2 aromatic rings. The lowest BCUT2D eigenvalue weighted by atomic mass is 9.98. The van der Waals surface area contributed by atoms with Crippen molar-refractivity contribution in [1.82, 2.24) is 0 Å². The standard InChI is InChI=1S/C14H7F7/c15-10-5-6-12(14(19,20)21)11(7-10)8-1-3-9(4-2-8)13(16,17)18/h1-7H. The van der Waals surface area contributed by atoms with Crippen LogP contribution in [0.4, 0.5) is 30.7 Å². The van der Waals surface area contributed by atoms with Gasteiger partial charge in [-0.3, -0.25) is 0 Å². The third kappa shape index (κ3) is 3.34. The predicted molar refractivity (Wildman–Crippen MR) is 61.8 cm³/mol. The summed E-state index contributed by atoms with van der Waals surface area (Å²) in [6.07, 6.45) is -9.32. The van der Waals surface area contributed by atoms with E-state index in [1.54, 1.807) is 0 Å². The highest BCUT2D eigenvalue weighted by Gasteiger charge is 2.34. The first-order valence-electron chi connectivity index (χ1n) is 5.63. The molecule has 7 heteroatoms. The fourth-order valence-corrected chi connectivity index (χ4v) is 1.84. The van der Waals surface area contributed by atoms with Gasteiger partial charge in [0.15, 0.2) is 0 Å². The minimum Gasteiger partial charge on any atom is -0.207 e. The quantitative estimate of drug-likeness (QED) is 0.608. The monoisotopic (exact) mass is 308 g/mol. The van der Waals surface area contributed by atoms with Gasteiger partial charge in [-0.1, -0.05) is 12.1 Å². The molecule has 0 atom stereocenters. The highest BCUT2D eigenvalue weighted by atomic mass is 19.4. The molecule has 112 valence electrons. The topological polar surface area (TPSA) is 0 Å². The molecular weight excluding hydrogens is 301 g/mol. The molecule has 0 aliphatic heterocycles. The van der Waals surface area contributed by atoms with Gasteiger partial charge in [-0.15, -0.1) is 0 Å². The Hall–Kier alpha value is -2.05. The number of rotatable bonds is 1. The van der Waals surface area contributed by atoms with E-state index in [1.807, 2.05) is 0 Å². The molecule has 0 fully saturated rings. The average molecular weight is 308 g/mol. The van der Waals surface area contributed by atoms with E-state index in [4.69, 9.17) is 0 Å². The zero-order valence-electron chi connectivity index (χ0n) is 10.2. The normalized spacial score (nSPS) is 12.5. The SMILES string of the molecule is Fc1ccc(C(F)(F)F)c(-c2ccc(C(F)(F)F)cc2)c1. The second kappa shape index (κ2) is 5.05. The van der Waals surface area contributed by atoms with Gasteiger partial charge in [-0.2, -0.15) is 26.3 Å². The first-order chi connectivity index (χ1) is 9.59. The second-order valence-corrected chi connectivity index (χ2v) is 4.26. The van der Waals surface area contributed by atoms with E-state index in [-0.39, 0.29) is 5.56 Å². The minimum absolute atomic E-state index is 0.144. The maximum atomic E-state index is 13.1. The van der Waals surface area contributed by atoms with Crippen molar-refractivity contribution < 1.29 is 30.7 Å². The smallest absolute Gasteiger partial charge is 0.207 e. The third-order valence-corrected chi connectivity index (χ3v) is 2.81. The number of hydrogen-bond acceptors (Lipinski definition) is 0. The van der Waals surface area contributed by atoms with E-state index in [0.29, 0.717) is 30.3 Å². The van der Waals surface area contributed by atoms with Crippen LogP contribution < -0.4 is 0 Å². The highest BCUT2D eigenvalue weighted by molar-refractivity contribution is 5.68. The summed E-state index contributed by atoms with van der Waals surface area (Å²) < 4.78 is 88.9. The van der Waals surface area contributed by atoms with E-state index in [0.717, 1.165) is 12.1 Å². The van der Waals surface area contributed by atoms with Crippen molar-refractivity contribution in [3.05, 3.63) is 59.4 Å². The Balaban J connectivity index is 2.54. The first kappa shape index (κ1) is 15.3. The van der Waals surface area contributed by atoms with Crippen molar-refractivity contribution in [2.75, 3.05) is 0 Å². The fraction of sp³-hybridized carbons (Fsp3) is 0.143. The largest absolute Gasteiger partial charge is 0.417 e. The molecule has 0 aromatic heterocycles. The van der Waals surface area contributed by atoms with Crippen LogP contribution in [0.25, 0.3) is 11.1 Å². The van der Waals surface area contributed by atoms with E-state index >= 15 is 0 Å². The molecule has 0 heterocycles. The van der Waals surface area contributed by atoms with Gasteiger partial charge in [0.2, 0.25) is 0 Å². The summed E-state index contributed by atoms with van der Waals surface area (Å²) in [5.41, 5.74) is -2.74. The van der Waals surface area contributed by atoms with E-state index in [1.165, 1.54) is 0 Å². The lowest BCUT2D eigenvalue weighted by Gasteiger charge is -2.14. The molecule has 0 spiro atoms. The molecule has 0 N–H and O–H groups in total. The van der Waals surface area contributed by atoms with Crippen molar-refractivity contribution in [1.29, 1.82) is 0 Å². The maximum absolute atomic E-state index is 13.1. The van der Waals surface area contributed by atoms with Gasteiger partial charge in [0.05, 0.1) is 11.1 Å². The van der Waals surface area contributed by atoms with Gasteiger partial charge in [-0.05, 0) is 41.5 Å². The summed E-state index contributed by atoms with van der Waals surface area (Å²) in [6, 6.07) is 4.92. The molecule has 0 saturated heterocycles. The van der Waals surface area contributed by atoms with Gasteiger partial charge in [0.25, 0.3) is 0 Å². The molecule has 2 rings (SSSR count). The van der Waals surface area contributed by atoms with E-state index in [2.05, 4.69) is 0 Å². The molecule has 2 aromatic carbocycles. The second-order valence-electron chi connectivity index (χ2n) is 4.26. The molecule has 21 heavy (non-hydrogen) atoms. The molecule has 0 unspecified atom stereocenters. The number of halogens is 7. The Morgan fingerprint density at radius 2 is 1.24 bits per heavy atom. The van der Waals surface area contributed by atoms with Crippen LogP contribution in [0, 0.1) is 5.82 Å². The van der Waals surface area contributed by atoms with Gasteiger partial charge in [-0.25, -0.2) is 4.39 Å². The molecule has 0 aliphatic rings. The number of benzene rings is 2. The van der Waals surface area contributed by atoms with Crippen LogP contribution in [0.2, 0.25) is 0 Å². The van der Waals surface area contributed by atoms with Crippen LogP contribution in [0.5, 0.6) is 0 Å². The average Bonchev–Trinajstić information content (AvgIpc) is 2.36. The van der Waals surface area contributed by atoms with Crippen molar-refractivity contribution >= 4 is 0 Å². The Morgan fingerprint density at radius 3 is 1.71 bits per heavy atom. The fourth-order valence-electron chi connectivity index (χ4n) is 1.84. The molecular formula is C14H7F7. The van der Waals surface area contributed by atoms with Crippen LogP contribution in [-0.2, 0) is 12.4 Å². The lowest BCUT2D eigenvalue weighted by Crippen LogP contribution is -2.08. The number of hydrogen-bond donors (Lipinski definition) is 0. The zero-order chi connectivity index (χ0) is 15.8. The predicted octanol–water partition coefficient (Wildman–Crippen LogP) is 5.53. The molecule has 0 aliphatic carbocycles. The molecule has 0 radical (unpaired) electrons. The Bertz CT molecular complexity index is 636. The van der Waals surface area contributed by atoms with E-state index in [9.17, 15) is 30.7 Å². The highest BCUT2D eigenvalue weighted by Crippen LogP contribution is 2.38. The zero-order valence-corrected chi connectivity index (χ0v) is 10.2. The first-order valence-corrected chi connectivity index (χ1v) is 5.63. The van der Waals surface area contributed by atoms with Gasteiger partial charge >= 0.3 is 12.4 Å². The van der Waals surface area contributed by atoms with Crippen LogP contribution in [0.15, 0.2) is 42.5 Å². The summed E-state index contributed by atoms with van der Waals surface area (Å²) in [5, 5.41) is 0. The lowest BCUT2D eigenvalue weighted by molar-refractivity contribution is -0.138. The summed E-state index contributed by atoms with van der Waals surface area (Å²) in [6.45, 7) is 0. The van der Waals surface area contributed by atoms with Gasteiger partial charge in [0.1, 0.15) is 5.82 Å². The van der Waals surface area contributed by atoms with Gasteiger partial charge < -0.3 is 0 Å². The molecule has 0 saturated carbocycles. The number of alkyl halides is 6. The maximum Gasteiger partial charge on any atom is 0.417 e. The molecule has 0 bridgehead atoms. The van der Waals surface area contributed by atoms with Crippen molar-refractivity contribution in [2.45, 2.75) is 12.4 Å². The molecule has 0 amide bonds. The van der Waals surface area contributed by atoms with Crippen LogP contribution >= 0.6 is 0 Å². The third-order valence-electron chi connectivity index (χ3n) is 2.81. The van der Waals surface area contributed by atoms with Crippen LogP contribution in [-0.4, -0.2) is 0 Å². The Morgan fingerprint density at radius 1 is 0.667 bits per heavy atom. The van der Waals surface area contributed by atoms with Crippen LogP contribution in [0.1, 0.15) is 11.1 Å². The van der Waals surface area contributed by atoms with Crippen molar-refractivity contribution in [3.8, 4) is 11.1 Å². The summed E-state index contributed by atoms with van der Waals surface area (Å²) in [4.78, 5) is 0. The van der Waals surface area contributed by atoms with Crippen molar-refractivity contribution in [3.63, 3.8) is 0 Å². The van der Waals surface area contributed by atoms with E-state index < -0.39 is 34.9 Å². The summed E-state index contributed by atoms with van der Waals surface area (Å²) in [7, 11) is 0. The summed E-state index contributed by atoms with van der Waals surface area (Å²) in [5.74, 6) is -0.905. The summed E-state index contributed by atoms with van der Waals surface area (Å²) >= 11 is 0. The van der Waals surface area contributed by atoms with Crippen molar-refractivity contribution in [2.24, 2.45) is 0 Å². The Kier molecular flexibility index (Phi) is 3.69. The minimum atomic E-state index is -4.73.